The van der Waals surface area contributed by atoms with Crippen LogP contribution in [-0.4, -0.2) is 33.1 Å². The van der Waals surface area contributed by atoms with Gasteiger partial charge in [-0.05, 0) is 23.8 Å². The number of ether oxygens (including phenoxy) is 1. The van der Waals surface area contributed by atoms with Crippen LogP contribution in [0.1, 0.15) is 5.56 Å². The van der Waals surface area contributed by atoms with E-state index in [-0.39, 0.29) is 17.3 Å². The average molecular weight is 317 g/mol. The Kier molecular flexibility index (Phi) is 4.41. The number of aromatic nitrogens is 2. The van der Waals surface area contributed by atoms with Gasteiger partial charge in [0, 0.05) is 12.3 Å². The third-order valence-electron chi connectivity index (χ3n) is 2.33. The zero-order valence-corrected chi connectivity index (χ0v) is 11.5. The minimum atomic E-state index is -4.45. The maximum atomic E-state index is 12.3. The van der Waals surface area contributed by atoms with E-state index >= 15 is 0 Å². The minimum absolute atomic E-state index is 0.0349. The molecule has 0 aliphatic carbocycles. The van der Waals surface area contributed by atoms with Crippen LogP contribution >= 0.6 is 11.9 Å². The summed E-state index contributed by atoms with van der Waals surface area (Å²) in [5.41, 5.74) is -3.88. The van der Waals surface area contributed by atoms with E-state index in [9.17, 15) is 18.3 Å². The number of aromatic hydroxyl groups is 1. The quantitative estimate of drug-likeness (QED) is 0.878. The highest BCUT2D eigenvalue weighted by Gasteiger charge is 2.31. The topological polar surface area (TPSA) is 59.6 Å². The molecule has 9 heteroatoms. The van der Waals surface area contributed by atoms with Gasteiger partial charge in [0.15, 0.2) is 17.3 Å². The van der Waals surface area contributed by atoms with Crippen LogP contribution < -0.4 is 4.74 Å². The highest BCUT2D eigenvalue weighted by molar-refractivity contribution is 7.98. The summed E-state index contributed by atoms with van der Waals surface area (Å²) in [4.78, 5) is 3.94. The van der Waals surface area contributed by atoms with Gasteiger partial charge in [0.05, 0.1) is 25.3 Å². The first kappa shape index (κ1) is 15.2. The van der Waals surface area contributed by atoms with E-state index in [0.29, 0.717) is 9.65 Å². The number of aliphatic imine (C=N–C) groups is 1. The van der Waals surface area contributed by atoms with E-state index in [2.05, 4.69) is 10.1 Å². The fraction of sp³-hybridized carbons (Fsp3) is 0.167. The molecular formula is C12H10F3N3O2S. The predicted molar refractivity (Wildman–Crippen MR) is 73.2 cm³/mol. The second-order valence-corrected chi connectivity index (χ2v) is 4.78. The molecule has 2 aromatic rings. The Bertz CT molecular complexity index is 655. The SMILES string of the molecule is COc1cc(C=Nc2ccnn2SC(F)(F)F)ccc1O. The maximum Gasteiger partial charge on any atom is 0.463 e. The van der Waals surface area contributed by atoms with Crippen molar-refractivity contribution >= 4 is 24.0 Å². The summed E-state index contributed by atoms with van der Waals surface area (Å²) in [6, 6.07) is 5.82. The van der Waals surface area contributed by atoms with Crippen molar-refractivity contribution in [3.05, 3.63) is 36.0 Å². The van der Waals surface area contributed by atoms with Crippen LogP contribution in [0.15, 0.2) is 35.5 Å². The van der Waals surface area contributed by atoms with Gasteiger partial charge in [-0.15, -0.1) is 0 Å². The van der Waals surface area contributed by atoms with Gasteiger partial charge in [0.25, 0.3) is 0 Å². The second-order valence-electron chi connectivity index (χ2n) is 3.79. The molecule has 1 heterocycles. The molecule has 0 atom stereocenters. The Morgan fingerprint density at radius 1 is 1.38 bits per heavy atom. The van der Waals surface area contributed by atoms with E-state index in [1.807, 2.05) is 0 Å². The molecule has 0 fully saturated rings. The minimum Gasteiger partial charge on any atom is -0.504 e. The lowest BCUT2D eigenvalue weighted by Gasteiger charge is -2.06. The first-order chi connectivity index (χ1) is 9.89. The van der Waals surface area contributed by atoms with Gasteiger partial charge in [0.1, 0.15) is 0 Å². The average Bonchev–Trinajstić information content (AvgIpc) is 2.83. The third-order valence-corrected chi connectivity index (χ3v) is 2.99. The Morgan fingerprint density at radius 3 is 2.81 bits per heavy atom. The number of hydrogen-bond donors (Lipinski definition) is 1. The van der Waals surface area contributed by atoms with Gasteiger partial charge in [-0.3, -0.25) is 0 Å². The van der Waals surface area contributed by atoms with E-state index in [1.165, 1.54) is 37.7 Å². The maximum absolute atomic E-state index is 12.3. The fourth-order valence-electron chi connectivity index (χ4n) is 1.46. The summed E-state index contributed by atoms with van der Waals surface area (Å²) >= 11 is -0.394. The molecule has 0 amide bonds. The summed E-state index contributed by atoms with van der Waals surface area (Å²) in [6.45, 7) is 0. The Balaban J connectivity index is 2.20. The highest BCUT2D eigenvalue weighted by atomic mass is 32.2. The summed E-state index contributed by atoms with van der Waals surface area (Å²) < 4.78 is 42.5. The van der Waals surface area contributed by atoms with Crippen molar-refractivity contribution in [3.8, 4) is 11.5 Å². The summed E-state index contributed by atoms with van der Waals surface area (Å²) in [6.07, 6.45) is 2.58. The number of benzene rings is 1. The number of hydrogen-bond acceptors (Lipinski definition) is 5. The first-order valence-electron chi connectivity index (χ1n) is 5.60. The van der Waals surface area contributed by atoms with Crippen LogP contribution in [0.4, 0.5) is 19.0 Å². The smallest absolute Gasteiger partial charge is 0.463 e. The molecule has 1 N–H and O–H groups in total. The number of alkyl halides is 3. The van der Waals surface area contributed by atoms with Gasteiger partial charge in [-0.25, -0.2) is 4.99 Å². The largest absolute Gasteiger partial charge is 0.504 e. The first-order valence-corrected chi connectivity index (χ1v) is 6.38. The lowest BCUT2D eigenvalue weighted by molar-refractivity contribution is -0.0336. The molecule has 1 aromatic heterocycles. The van der Waals surface area contributed by atoms with Crippen molar-refractivity contribution in [3.63, 3.8) is 0 Å². The standard InChI is InChI=1S/C12H10F3N3O2S/c1-20-10-6-8(2-3-9(10)19)7-16-11-4-5-17-18(11)21-12(13,14)15/h2-7,19H,1H3. The van der Waals surface area contributed by atoms with Crippen molar-refractivity contribution < 1.29 is 23.0 Å². The second kappa shape index (κ2) is 6.08. The highest BCUT2D eigenvalue weighted by Crippen LogP contribution is 2.34. The molecule has 5 nitrogen and oxygen atoms in total. The monoisotopic (exact) mass is 317 g/mol. The molecular weight excluding hydrogens is 307 g/mol. The normalized spacial score (nSPS) is 12.0. The molecule has 0 saturated carbocycles. The third kappa shape index (κ3) is 4.15. The van der Waals surface area contributed by atoms with Crippen LogP contribution in [-0.2, 0) is 0 Å². The van der Waals surface area contributed by atoms with Crippen molar-refractivity contribution in [1.82, 2.24) is 9.19 Å². The van der Waals surface area contributed by atoms with Gasteiger partial charge in [-0.2, -0.15) is 22.4 Å². The fourth-order valence-corrected chi connectivity index (χ4v) is 1.96. The molecule has 0 unspecified atom stereocenters. The van der Waals surface area contributed by atoms with Crippen LogP contribution in [0.5, 0.6) is 11.5 Å². The molecule has 112 valence electrons. The van der Waals surface area contributed by atoms with Crippen LogP contribution in [0.25, 0.3) is 0 Å². The van der Waals surface area contributed by atoms with E-state index in [0.717, 1.165) is 0 Å². The lowest BCUT2D eigenvalue weighted by atomic mass is 10.2. The van der Waals surface area contributed by atoms with Gasteiger partial charge in [-0.1, -0.05) is 0 Å². The zero-order valence-electron chi connectivity index (χ0n) is 10.7. The molecule has 2 rings (SSSR count). The molecule has 0 spiro atoms. The summed E-state index contributed by atoms with van der Waals surface area (Å²) in [5, 5.41) is 13.0. The van der Waals surface area contributed by atoms with E-state index in [1.54, 1.807) is 6.07 Å². The van der Waals surface area contributed by atoms with Gasteiger partial charge in [0.2, 0.25) is 0 Å². The zero-order chi connectivity index (χ0) is 15.5. The summed E-state index contributed by atoms with van der Waals surface area (Å²) in [5.74, 6) is 0.258. The molecule has 0 bridgehead atoms. The predicted octanol–water partition coefficient (Wildman–Crippen LogP) is 3.36. The number of nitrogens with zero attached hydrogens (tertiary/aromatic N) is 3. The number of phenolic OH excluding ortho intramolecular Hbond substituents is 1. The number of methoxy groups -OCH3 is 1. The number of rotatable bonds is 4. The van der Waals surface area contributed by atoms with Gasteiger partial charge >= 0.3 is 5.51 Å². The number of phenols is 1. The van der Waals surface area contributed by atoms with Crippen molar-refractivity contribution in [2.24, 2.45) is 4.99 Å². The Hall–Kier alpha value is -2.16. The molecule has 1 aromatic carbocycles. The van der Waals surface area contributed by atoms with Crippen LogP contribution in [0, 0.1) is 0 Å². The van der Waals surface area contributed by atoms with E-state index in [4.69, 9.17) is 4.74 Å². The number of halogens is 3. The van der Waals surface area contributed by atoms with Gasteiger partial charge < -0.3 is 9.84 Å². The van der Waals surface area contributed by atoms with Crippen molar-refractivity contribution in [2.45, 2.75) is 5.51 Å². The van der Waals surface area contributed by atoms with E-state index < -0.39 is 17.5 Å². The van der Waals surface area contributed by atoms with Crippen LogP contribution in [0.2, 0.25) is 0 Å². The Morgan fingerprint density at radius 2 is 2.14 bits per heavy atom. The van der Waals surface area contributed by atoms with Crippen molar-refractivity contribution in [1.29, 1.82) is 0 Å². The van der Waals surface area contributed by atoms with Crippen LogP contribution in [0.3, 0.4) is 0 Å². The molecule has 21 heavy (non-hydrogen) atoms. The van der Waals surface area contributed by atoms with Crippen molar-refractivity contribution in [2.75, 3.05) is 7.11 Å². The molecule has 0 aliphatic heterocycles. The molecule has 0 aliphatic rings. The summed E-state index contributed by atoms with van der Waals surface area (Å²) in [7, 11) is 1.39. The lowest BCUT2D eigenvalue weighted by Crippen LogP contribution is -2.05. The molecule has 0 radical (unpaired) electrons. The Labute approximate surface area is 122 Å². The molecule has 0 saturated heterocycles.